The van der Waals surface area contributed by atoms with Crippen LogP contribution < -0.4 is 0 Å². The lowest BCUT2D eigenvalue weighted by atomic mass is 10.1. The number of aromatic nitrogens is 2. The van der Waals surface area contributed by atoms with E-state index in [4.69, 9.17) is 23.2 Å². The molecule has 0 fully saturated rings. The molecule has 0 saturated carbocycles. The zero-order chi connectivity index (χ0) is 19.4. The Hall–Kier alpha value is -2.38. The zero-order valence-corrected chi connectivity index (χ0v) is 17.0. The topological polar surface area (TPSA) is 59.9 Å². The lowest BCUT2D eigenvalue weighted by Gasteiger charge is -1.98. The average molecular weight is 443 g/mol. The van der Waals surface area contributed by atoms with Gasteiger partial charge in [0.2, 0.25) is 0 Å². The molecule has 0 bridgehead atoms. The Morgan fingerprint density at radius 1 is 0.821 bits per heavy atom. The second-order valence-electron chi connectivity index (χ2n) is 6.08. The predicted octanol–water partition coefficient (Wildman–Crippen LogP) is 6.19. The van der Waals surface area contributed by atoms with Crippen LogP contribution in [-0.4, -0.2) is 21.5 Å². The molecule has 1 aliphatic rings. The smallest absolute Gasteiger partial charge is 0.197 e. The van der Waals surface area contributed by atoms with Crippen molar-refractivity contribution in [3.8, 4) is 10.6 Å². The second-order valence-corrected chi connectivity index (χ2v) is 8.88. The number of fused-ring (bicyclic) bond motifs is 2. The molecule has 0 atom stereocenters. The third-order valence-electron chi connectivity index (χ3n) is 4.32. The van der Waals surface area contributed by atoms with E-state index >= 15 is 0 Å². The maximum absolute atomic E-state index is 12.6. The van der Waals surface area contributed by atoms with Crippen LogP contribution in [0.3, 0.4) is 0 Å². The zero-order valence-electron chi connectivity index (χ0n) is 13.9. The van der Waals surface area contributed by atoms with E-state index in [2.05, 4.69) is 9.97 Å². The number of allylic oxidation sites excluding steroid dienone is 1. The fourth-order valence-corrected chi connectivity index (χ4v) is 5.32. The largest absolute Gasteiger partial charge is 0.288 e. The van der Waals surface area contributed by atoms with Crippen LogP contribution in [0, 0.1) is 0 Å². The lowest BCUT2D eigenvalue weighted by molar-refractivity contribution is 0.0990. The first-order chi connectivity index (χ1) is 13.5. The van der Waals surface area contributed by atoms with Crippen LogP contribution in [0.4, 0.5) is 0 Å². The Balaban J connectivity index is 1.53. The standard InChI is InChI=1S/C20H8Cl2N2O2S2/c21-13-6-10-11(7-14(13)22)17(26)12(16(10)25)8-15-23-19-20(27-15)24-18(28-19)9-4-2-1-3-5-9/h1-8H. The first-order valence-corrected chi connectivity index (χ1v) is 10.5. The minimum absolute atomic E-state index is 0.0676. The molecular formula is C20H8Cl2N2O2S2. The summed E-state index contributed by atoms with van der Waals surface area (Å²) < 4.78 is 0. The van der Waals surface area contributed by atoms with Crippen molar-refractivity contribution in [2.45, 2.75) is 0 Å². The van der Waals surface area contributed by atoms with Crippen molar-refractivity contribution in [3.63, 3.8) is 0 Å². The molecule has 4 nitrogen and oxygen atoms in total. The van der Waals surface area contributed by atoms with E-state index in [1.165, 1.54) is 40.9 Å². The van der Waals surface area contributed by atoms with Gasteiger partial charge in [-0.3, -0.25) is 9.59 Å². The van der Waals surface area contributed by atoms with E-state index in [0.29, 0.717) is 5.01 Å². The predicted molar refractivity (Wildman–Crippen MR) is 114 cm³/mol. The van der Waals surface area contributed by atoms with E-state index in [1.54, 1.807) is 0 Å². The van der Waals surface area contributed by atoms with Gasteiger partial charge in [0.1, 0.15) is 10.0 Å². The van der Waals surface area contributed by atoms with Gasteiger partial charge in [0.25, 0.3) is 0 Å². The Bertz CT molecular complexity index is 1250. The van der Waals surface area contributed by atoms with Gasteiger partial charge < -0.3 is 0 Å². The number of hydrogen-bond donors (Lipinski definition) is 0. The van der Waals surface area contributed by atoms with Gasteiger partial charge in [-0.25, -0.2) is 9.97 Å². The fraction of sp³-hybridized carbons (Fsp3) is 0. The number of ketones is 2. The van der Waals surface area contributed by atoms with Crippen LogP contribution in [0.25, 0.3) is 26.3 Å². The van der Waals surface area contributed by atoms with Crippen LogP contribution in [0.1, 0.15) is 25.7 Å². The molecule has 0 aliphatic heterocycles. The minimum atomic E-state index is -0.366. The highest BCUT2D eigenvalue weighted by molar-refractivity contribution is 7.28. The monoisotopic (exact) mass is 442 g/mol. The van der Waals surface area contributed by atoms with Crippen molar-refractivity contribution in [2.75, 3.05) is 0 Å². The van der Waals surface area contributed by atoms with Crippen molar-refractivity contribution in [3.05, 3.63) is 74.2 Å². The molecule has 2 aromatic heterocycles. The molecule has 4 aromatic rings. The molecule has 2 aromatic carbocycles. The Morgan fingerprint density at radius 2 is 1.43 bits per heavy atom. The highest BCUT2D eigenvalue weighted by Gasteiger charge is 2.34. The van der Waals surface area contributed by atoms with Crippen LogP contribution in [-0.2, 0) is 0 Å². The third kappa shape index (κ3) is 2.81. The van der Waals surface area contributed by atoms with Gasteiger partial charge in [0, 0.05) is 16.7 Å². The summed E-state index contributed by atoms with van der Waals surface area (Å²) in [7, 11) is 0. The molecule has 8 heteroatoms. The molecular weight excluding hydrogens is 435 g/mol. The third-order valence-corrected chi connectivity index (χ3v) is 7.07. The summed E-state index contributed by atoms with van der Waals surface area (Å²) in [6.45, 7) is 0. The second kappa shape index (κ2) is 6.60. The average Bonchev–Trinajstić information content (AvgIpc) is 3.31. The number of thiazole rings is 2. The van der Waals surface area contributed by atoms with E-state index < -0.39 is 0 Å². The number of nitrogens with zero attached hydrogens (tertiary/aromatic N) is 2. The number of hydrogen-bond acceptors (Lipinski definition) is 6. The van der Waals surface area contributed by atoms with Gasteiger partial charge in [-0.15, -0.1) is 0 Å². The quantitative estimate of drug-likeness (QED) is 0.274. The molecule has 5 rings (SSSR count). The molecule has 0 amide bonds. The van der Waals surface area contributed by atoms with Crippen LogP contribution in [0.5, 0.6) is 0 Å². The van der Waals surface area contributed by atoms with E-state index in [-0.39, 0.29) is 38.3 Å². The molecule has 0 unspecified atom stereocenters. The molecule has 2 heterocycles. The number of carbonyl (C=O) groups is 2. The van der Waals surface area contributed by atoms with Crippen molar-refractivity contribution in [1.29, 1.82) is 0 Å². The summed E-state index contributed by atoms with van der Waals surface area (Å²) in [5, 5.41) is 1.94. The molecule has 0 radical (unpaired) electrons. The molecule has 1 aliphatic carbocycles. The number of Topliss-reactive ketones (excluding diaryl/α,β-unsaturated/α-hetero) is 2. The molecule has 0 spiro atoms. The van der Waals surface area contributed by atoms with Crippen molar-refractivity contribution >= 4 is 73.2 Å². The highest BCUT2D eigenvalue weighted by Crippen LogP contribution is 2.36. The van der Waals surface area contributed by atoms with Crippen LogP contribution in [0.2, 0.25) is 10.0 Å². The van der Waals surface area contributed by atoms with Gasteiger partial charge in [-0.2, -0.15) is 0 Å². The van der Waals surface area contributed by atoms with E-state index in [1.807, 2.05) is 30.3 Å². The molecule has 136 valence electrons. The van der Waals surface area contributed by atoms with Gasteiger partial charge in [-0.05, 0) is 18.2 Å². The maximum atomic E-state index is 12.6. The Kier molecular flexibility index (Phi) is 4.17. The van der Waals surface area contributed by atoms with Gasteiger partial charge in [-0.1, -0.05) is 76.2 Å². The summed E-state index contributed by atoms with van der Waals surface area (Å²) in [4.78, 5) is 36.0. The number of halogens is 2. The molecule has 0 N–H and O–H groups in total. The first kappa shape index (κ1) is 17.7. The van der Waals surface area contributed by atoms with E-state index in [0.717, 1.165) is 20.2 Å². The van der Waals surface area contributed by atoms with Crippen molar-refractivity contribution in [2.24, 2.45) is 0 Å². The van der Waals surface area contributed by atoms with Gasteiger partial charge in [0.15, 0.2) is 21.2 Å². The summed E-state index contributed by atoms with van der Waals surface area (Å²) in [5.41, 5.74) is 1.64. The molecule has 0 saturated heterocycles. The van der Waals surface area contributed by atoms with Gasteiger partial charge in [0.05, 0.1) is 15.6 Å². The van der Waals surface area contributed by atoms with Crippen molar-refractivity contribution in [1.82, 2.24) is 9.97 Å². The van der Waals surface area contributed by atoms with Gasteiger partial charge >= 0.3 is 0 Å². The summed E-state index contributed by atoms with van der Waals surface area (Å²) in [6, 6.07) is 12.7. The summed E-state index contributed by atoms with van der Waals surface area (Å²) in [5.74, 6) is -0.731. The maximum Gasteiger partial charge on any atom is 0.197 e. The minimum Gasteiger partial charge on any atom is -0.288 e. The Labute approximate surface area is 177 Å². The number of benzene rings is 2. The van der Waals surface area contributed by atoms with Crippen LogP contribution in [0.15, 0.2) is 48.0 Å². The Morgan fingerprint density at radius 3 is 2.04 bits per heavy atom. The SMILES string of the molecule is O=C1C(=Cc2nc3sc(-c4ccccc4)nc3s2)C(=O)c2cc(Cl)c(Cl)cc21. The number of rotatable bonds is 2. The van der Waals surface area contributed by atoms with Crippen LogP contribution >= 0.6 is 45.9 Å². The van der Waals surface area contributed by atoms with Crippen molar-refractivity contribution < 1.29 is 9.59 Å². The summed E-state index contributed by atoms with van der Waals surface area (Å²) >= 11 is 14.8. The first-order valence-electron chi connectivity index (χ1n) is 8.14. The summed E-state index contributed by atoms with van der Waals surface area (Å²) in [6.07, 6.45) is 1.52. The normalized spacial score (nSPS) is 13.4. The van der Waals surface area contributed by atoms with E-state index in [9.17, 15) is 9.59 Å². The number of carbonyl (C=O) groups excluding carboxylic acids is 2. The molecule has 28 heavy (non-hydrogen) atoms. The fourth-order valence-electron chi connectivity index (χ4n) is 2.99. The highest BCUT2D eigenvalue weighted by atomic mass is 35.5. The lowest BCUT2D eigenvalue weighted by Crippen LogP contribution is -2.00.